The second-order valence-corrected chi connectivity index (χ2v) is 3.88. The van der Waals surface area contributed by atoms with Gasteiger partial charge in [0.15, 0.2) is 11.5 Å². The van der Waals surface area contributed by atoms with Gasteiger partial charge in [0.05, 0.1) is 5.56 Å². The first-order chi connectivity index (χ1) is 9.61. The van der Waals surface area contributed by atoms with Crippen molar-refractivity contribution in [3.63, 3.8) is 0 Å². The first-order valence-corrected chi connectivity index (χ1v) is 5.49. The van der Waals surface area contributed by atoms with Crippen LogP contribution in [0.4, 0.5) is 5.82 Å². The van der Waals surface area contributed by atoms with E-state index in [4.69, 9.17) is 5.11 Å². The van der Waals surface area contributed by atoms with E-state index in [1.165, 1.54) is 30.7 Å². The van der Waals surface area contributed by atoms with Gasteiger partial charge in [-0.1, -0.05) is 0 Å². The number of fused-ring (bicyclic) bond motifs is 1. The van der Waals surface area contributed by atoms with Crippen LogP contribution in [0.3, 0.4) is 0 Å². The molecule has 0 fully saturated rings. The molecule has 0 aliphatic carbocycles. The van der Waals surface area contributed by atoms with Crippen molar-refractivity contribution in [3.8, 4) is 0 Å². The van der Waals surface area contributed by atoms with Crippen molar-refractivity contribution in [2.75, 3.05) is 4.90 Å². The third kappa shape index (κ3) is 1.55. The number of nitrogens with zero attached hydrogens (tertiary/aromatic N) is 4. The standard InChI is InChI=1S/C12H6N4O4/c17-10-6-2-1-3-13-7(6)11(18)16(10)9-8(12(19)20)14-4-5-15-9/h1-5H,(H,19,20). The molecule has 2 amide bonds. The quantitative estimate of drug-likeness (QED) is 0.784. The monoisotopic (exact) mass is 270 g/mol. The van der Waals surface area contributed by atoms with Crippen LogP contribution in [-0.4, -0.2) is 37.8 Å². The molecule has 3 heterocycles. The van der Waals surface area contributed by atoms with E-state index in [0.29, 0.717) is 4.90 Å². The number of aromatic nitrogens is 3. The number of carbonyl (C=O) groups excluding carboxylic acids is 2. The number of hydrogen-bond donors (Lipinski definition) is 1. The van der Waals surface area contributed by atoms with Gasteiger partial charge in [-0.3, -0.25) is 14.6 Å². The lowest BCUT2D eigenvalue weighted by Crippen LogP contribution is -2.32. The predicted octanol–water partition coefficient (Wildman–Crippen LogP) is 0.370. The second kappa shape index (κ2) is 4.19. The zero-order chi connectivity index (χ0) is 14.3. The van der Waals surface area contributed by atoms with Gasteiger partial charge in [-0.05, 0) is 12.1 Å². The number of anilines is 1. The Kier molecular flexibility index (Phi) is 2.50. The Balaban J connectivity index is 2.17. The molecule has 1 aliphatic heterocycles. The topological polar surface area (TPSA) is 113 Å². The summed E-state index contributed by atoms with van der Waals surface area (Å²) in [5, 5.41) is 9.05. The fraction of sp³-hybridized carbons (Fsp3) is 0. The second-order valence-electron chi connectivity index (χ2n) is 3.88. The number of aromatic carboxylic acids is 1. The summed E-state index contributed by atoms with van der Waals surface area (Å²) in [5.41, 5.74) is -0.388. The molecule has 3 rings (SSSR count). The zero-order valence-electron chi connectivity index (χ0n) is 9.85. The van der Waals surface area contributed by atoms with E-state index in [9.17, 15) is 14.4 Å². The van der Waals surface area contributed by atoms with Crippen molar-refractivity contribution in [3.05, 3.63) is 47.7 Å². The molecule has 0 spiro atoms. The summed E-state index contributed by atoms with van der Waals surface area (Å²) in [6, 6.07) is 2.96. The van der Waals surface area contributed by atoms with E-state index >= 15 is 0 Å². The SMILES string of the molecule is O=C(O)c1nccnc1N1C(=O)c2cccnc2C1=O. The minimum absolute atomic E-state index is 0.0282. The maximum atomic E-state index is 12.2. The summed E-state index contributed by atoms with van der Waals surface area (Å²) >= 11 is 0. The van der Waals surface area contributed by atoms with E-state index in [1.807, 2.05) is 0 Å². The molecule has 2 aromatic rings. The number of carboxylic acid groups (broad SMARTS) is 1. The fourth-order valence-corrected chi connectivity index (χ4v) is 1.90. The van der Waals surface area contributed by atoms with Crippen LogP contribution in [0.25, 0.3) is 0 Å². The van der Waals surface area contributed by atoms with Gasteiger partial charge in [0, 0.05) is 18.6 Å². The maximum Gasteiger partial charge on any atom is 0.358 e. The molecule has 0 radical (unpaired) electrons. The van der Waals surface area contributed by atoms with Gasteiger partial charge < -0.3 is 5.11 Å². The van der Waals surface area contributed by atoms with Gasteiger partial charge in [0.25, 0.3) is 11.8 Å². The predicted molar refractivity (Wildman–Crippen MR) is 64.4 cm³/mol. The fourth-order valence-electron chi connectivity index (χ4n) is 1.90. The summed E-state index contributed by atoms with van der Waals surface area (Å²) in [4.78, 5) is 47.4. The van der Waals surface area contributed by atoms with Gasteiger partial charge >= 0.3 is 5.97 Å². The van der Waals surface area contributed by atoms with Gasteiger partial charge in [0.1, 0.15) is 5.69 Å². The number of pyridine rings is 1. The molecule has 8 heteroatoms. The Morgan fingerprint density at radius 3 is 2.50 bits per heavy atom. The van der Waals surface area contributed by atoms with Gasteiger partial charge in [-0.25, -0.2) is 19.7 Å². The Bertz CT molecular complexity index is 724. The maximum absolute atomic E-state index is 12.2. The number of hydrogen-bond acceptors (Lipinski definition) is 6. The first-order valence-electron chi connectivity index (χ1n) is 5.49. The van der Waals surface area contributed by atoms with E-state index in [0.717, 1.165) is 0 Å². The number of carboxylic acids is 1. The van der Waals surface area contributed by atoms with Crippen molar-refractivity contribution < 1.29 is 19.5 Å². The van der Waals surface area contributed by atoms with Crippen molar-refractivity contribution >= 4 is 23.6 Å². The molecular formula is C12H6N4O4. The highest BCUT2D eigenvalue weighted by atomic mass is 16.4. The minimum Gasteiger partial charge on any atom is -0.476 e. The molecule has 1 aliphatic rings. The molecule has 2 aromatic heterocycles. The van der Waals surface area contributed by atoms with Gasteiger partial charge in [0.2, 0.25) is 0 Å². The number of imide groups is 1. The zero-order valence-corrected chi connectivity index (χ0v) is 9.85. The van der Waals surface area contributed by atoms with Crippen molar-refractivity contribution in [1.29, 1.82) is 0 Å². The molecule has 1 N–H and O–H groups in total. The van der Waals surface area contributed by atoms with Crippen LogP contribution >= 0.6 is 0 Å². The van der Waals surface area contributed by atoms with Crippen molar-refractivity contribution in [2.24, 2.45) is 0 Å². The third-order valence-electron chi connectivity index (χ3n) is 2.74. The van der Waals surface area contributed by atoms with Gasteiger partial charge in [-0.15, -0.1) is 0 Å². The van der Waals surface area contributed by atoms with Crippen LogP contribution in [0.5, 0.6) is 0 Å². The molecule has 98 valence electrons. The van der Waals surface area contributed by atoms with E-state index in [1.54, 1.807) is 0 Å². The summed E-state index contributed by atoms with van der Waals surface area (Å²) in [5.74, 6) is -3.07. The average molecular weight is 270 g/mol. The van der Waals surface area contributed by atoms with Crippen molar-refractivity contribution in [1.82, 2.24) is 15.0 Å². The van der Waals surface area contributed by atoms with E-state index in [-0.39, 0.29) is 17.1 Å². The molecule has 0 aromatic carbocycles. The molecule has 0 saturated carbocycles. The smallest absolute Gasteiger partial charge is 0.358 e. The normalized spacial score (nSPS) is 13.5. The summed E-state index contributed by atoms with van der Waals surface area (Å²) < 4.78 is 0. The highest BCUT2D eigenvalue weighted by molar-refractivity contribution is 6.34. The Hall–Kier alpha value is -3.16. The van der Waals surface area contributed by atoms with Crippen LogP contribution in [0.15, 0.2) is 30.7 Å². The first kappa shape index (κ1) is 11.9. The highest BCUT2D eigenvalue weighted by Crippen LogP contribution is 2.26. The largest absolute Gasteiger partial charge is 0.476 e. The summed E-state index contributed by atoms with van der Waals surface area (Å²) in [7, 11) is 0. The molecule has 0 bridgehead atoms. The molecule has 20 heavy (non-hydrogen) atoms. The number of carbonyl (C=O) groups is 3. The molecular weight excluding hydrogens is 264 g/mol. The van der Waals surface area contributed by atoms with E-state index in [2.05, 4.69) is 15.0 Å². The van der Waals surface area contributed by atoms with Crippen LogP contribution in [-0.2, 0) is 0 Å². The average Bonchev–Trinajstić information content (AvgIpc) is 2.71. The highest BCUT2D eigenvalue weighted by Gasteiger charge is 2.40. The minimum atomic E-state index is -1.38. The summed E-state index contributed by atoms with van der Waals surface area (Å²) in [6.45, 7) is 0. The number of amides is 2. The van der Waals surface area contributed by atoms with Gasteiger partial charge in [-0.2, -0.15) is 0 Å². The lowest BCUT2D eigenvalue weighted by atomic mass is 10.2. The molecule has 0 unspecified atom stereocenters. The van der Waals surface area contributed by atoms with Crippen LogP contribution < -0.4 is 4.90 Å². The summed E-state index contributed by atoms with van der Waals surface area (Å²) in [6.07, 6.45) is 3.75. The number of rotatable bonds is 2. The lowest BCUT2D eigenvalue weighted by Gasteiger charge is -2.13. The van der Waals surface area contributed by atoms with Crippen molar-refractivity contribution in [2.45, 2.75) is 0 Å². The van der Waals surface area contributed by atoms with E-state index < -0.39 is 23.5 Å². The Morgan fingerprint density at radius 1 is 1.05 bits per heavy atom. The lowest BCUT2D eigenvalue weighted by molar-refractivity contribution is 0.0691. The Labute approximate surface area is 111 Å². The molecule has 8 nitrogen and oxygen atoms in total. The van der Waals surface area contributed by atoms with Crippen LogP contribution in [0.2, 0.25) is 0 Å². The third-order valence-corrected chi connectivity index (χ3v) is 2.74. The van der Waals surface area contributed by atoms with Crippen LogP contribution in [0, 0.1) is 0 Å². The molecule has 0 atom stereocenters. The molecule has 0 saturated heterocycles. The van der Waals surface area contributed by atoms with Crippen LogP contribution in [0.1, 0.15) is 31.3 Å². The Morgan fingerprint density at radius 2 is 1.80 bits per heavy atom.